The van der Waals surface area contributed by atoms with Gasteiger partial charge in [0, 0.05) is 0 Å². The second-order valence-electron chi connectivity index (χ2n) is 7.40. The lowest BCUT2D eigenvalue weighted by Gasteiger charge is -2.21. The van der Waals surface area contributed by atoms with Gasteiger partial charge >= 0.3 is 12.0 Å². The highest BCUT2D eigenvalue weighted by molar-refractivity contribution is 6.08. The molecule has 1 aromatic heterocycles. The zero-order valence-corrected chi connectivity index (χ0v) is 15.5. The fourth-order valence-corrected chi connectivity index (χ4v) is 3.51. The van der Waals surface area contributed by atoms with Crippen molar-refractivity contribution in [2.45, 2.75) is 38.3 Å². The number of para-hydroxylation sites is 1. The number of benzene rings is 1. The number of nitrogens with one attached hydrogen (secondary N) is 2. The minimum atomic E-state index is -0.950. The van der Waals surface area contributed by atoms with Gasteiger partial charge < -0.3 is 15.0 Å². The third-order valence-corrected chi connectivity index (χ3v) is 5.31. The highest BCUT2D eigenvalue weighted by atomic mass is 16.5. The molecule has 1 saturated heterocycles. The fourth-order valence-electron chi connectivity index (χ4n) is 3.51. The van der Waals surface area contributed by atoms with Crippen molar-refractivity contribution < 1.29 is 19.1 Å². The van der Waals surface area contributed by atoms with E-state index in [0.29, 0.717) is 10.9 Å². The first-order valence-electron chi connectivity index (χ1n) is 9.12. The standard InChI is InChI=1S/C19H20N4O5/c1-10(15-20-13-6-4-3-5-12(13)16(25)21-15)28-14(24)9-23-17(26)19(2,11-7-8-11)22-18(23)27/h3-6,10-11H,7-9H2,1-2H3,(H,22,27)(H,20,21,25)/t10-,19+/m0/s1. The molecule has 3 amide bonds. The molecule has 0 spiro atoms. The maximum atomic E-state index is 12.6. The van der Waals surface area contributed by atoms with E-state index in [9.17, 15) is 19.2 Å². The van der Waals surface area contributed by atoms with Crippen LogP contribution in [0.4, 0.5) is 4.79 Å². The molecule has 1 aromatic carbocycles. The number of fused-ring (bicyclic) bond motifs is 1. The van der Waals surface area contributed by atoms with Crippen LogP contribution in [0.3, 0.4) is 0 Å². The number of urea groups is 1. The van der Waals surface area contributed by atoms with E-state index in [4.69, 9.17) is 4.74 Å². The van der Waals surface area contributed by atoms with Gasteiger partial charge in [0.1, 0.15) is 12.1 Å². The van der Waals surface area contributed by atoms with Crippen LogP contribution in [0.1, 0.15) is 38.6 Å². The maximum Gasteiger partial charge on any atom is 0.326 e. The van der Waals surface area contributed by atoms with E-state index in [-0.39, 0.29) is 17.3 Å². The number of hydrogen-bond acceptors (Lipinski definition) is 6. The Kier molecular flexibility index (Phi) is 4.17. The summed E-state index contributed by atoms with van der Waals surface area (Å²) in [6, 6.07) is 6.23. The Morgan fingerprint density at radius 1 is 1.32 bits per heavy atom. The summed E-state index contributed by atoms with van der Waals surface area (Å²) in [6.07, 6.45) is 0.901. The molecule has 1 aliphatic carbocycles. The van der Waals surface area contributed by atoms with Gasteiger partial charge in [0.25, 0.3) is 11.5 Å². The zero-order chi connectivity index (χ0) is 20.1. The summed E-state index contributed by atoms with van der Waals surface area (Å²) in [6.45, 7) is 2.75. The van der Waals surface area contributed by atoms with E-state index in [2.05, 4.69) is 15.3 Å². The number of carbonyl (C=O) groups is 3. The quantitative estimate of drug-likeness (QED) is 0.591. The topological polar surface area (TPSA) is 121 Å². The number of esters is 1. The molecule has 9 nitrogen and oxygen atoms in total. The van der Waals surface area contributed by atoms with Crippen molar-refractivity contribution in [1.29, 1.82) is 0 Å². The smallest absolute Gasteiger partial charge is 0.326 e. The van der Waals surface area contributed by atoms with E-state index in [1.165, 1.54) is 0 Å². The number of aromatic nitrogens is 2. The number of amides is 3. The van der Waals surface area contributed by atoms with E-state index in [1.807, 2.05) is 0 Å². The lowest BCUT2D eigenvalue weighted by Crippen LogP contribution is -2.46. The summed E-state index contributed by atoms with van der Waals surface area (Å²) in [5.74, 6) is -0.874. The van der Waals surface area contributed by atoms with Gasteiger partial charge in [0.05, 0.1) is 10.9 Å². The highest BCUT2D eigenvalue weighted by Crippen LogP contribution is 2.42. The lowest BCUT2D eigenvalue weighted by molar-refractivity contribution is -0.152. The molecule has 1 aliphatic heterocycles. The van der Waals surface area contributed by atoms with Crippen LogP contribution in [0.15, 0.2) is 29.1 Å². The molecule has 2 aliphatic rings. The summed E-state index contributed by atoms with van der Waals surface area (Å²) in [4.78, 5) is 57.0. The number of imide groups is 1. The molecule has 2 heterocycles. The summed E-state index contributed by atoms with van der Waals surface area (Å²) >= 11 is 0. The fraction of sp³-hybridized carbons (Fsp3) is 0.421. The first-order chi connectivity index (χ1) is 13.3. The molecule has 146 valence electrons. The molecule has 2 fully saturated rings. The molecule has 28 heavy (non-hydrogen) atoms. The van der Waals surface area contributed by atoms with Crippen molar-refractivity contribution in [2.75, 3.05) is 6.54 Å². The van der Waals surface area contributed by atoms with Crippen LogP contribution in [-0.4, -0.2) is 44.9 Å². The third-order valence-electron chi connectivity index (χ3n) is 5.31. The van der Waals surface area contributed by atoms with Crippen LogP contribution in [0.25, 0.3) is 10.9 Å². The van der Waals surface area contributed by atoms with Gasteiger partial charge in [-0.25, -0.2) is 9.78 Å². The number of hydrogen-bond donors (Lipinski definition) is 2. The normalized spacial score (nSPS) is 23.0. The lowest BCUT2D eigenvalue weighted by atomic mass is 9.96. The van der Waals surface area contributed by atoms with Crippen LogP contribution in [0.2, 0.25) is 0 Å². The van der Waals surface area contributed by atoms with E-state index in [0.717, 1.165) is 17.7 Å². The van der Waals surface area contributed by atoms with E-state index >= 15 is 0 Å². The van der Waals surface area contributed by atoms with Gasteiger partial charge in [0.15, 0.2) is 11.9 Å². The number of aromatic amines is 1. The van der Waals surface area contributed by atoms with Gasteiger partial charge in [-0.15, -0.1) is 0 Å². The second kappa shape index (κ2) is 6.43. The Morgan fingerprint density at radius 3 is 2.75 bits per heavy atom. The van der Waals surface area contributed by atoms with Crippen molar-refractivity contribution in [2.24, 2.45) is 5.92 Å². The maximum absolute atomic E-state index is 12.6. The number of H-pyrrole nitrogens is 1. The van der Waals surface area contributed by atoms with Crippen LogP contribution in [0.5, 0.6) is 0 Å². The van der Waals surface area contributed by atoms with Crippen molar-refractivity contribution in [3.05, 3.63) is 40.4 Å². The molecular formula is C19H20N4O5. The van der Waals surface area contributed by atoms with Crippen LogP contribution in [-0.2, 0) is 14.3 Å². The number of carbonyl (C=O) groups excluding carboxylic acids is 3. The van der Waals surface area contributed by atoms with Crippen LogP contribution < -0.4 is 10.9 Å². The van der Waals surface area contributed by atoms with Crippen LogP contribution >= 0.6 is 0 Å². The zero-order valence-electron chi connectivity index (χ0n) is 15.5. The Hall–Kier alpha value is -3.23. The Bertz CT molecular complexity index is 1040. The second-order valence-corrected chi connectivity index (χ2v) is 7.40. The van der Waals surface area contributed by atoms with Gasteiger partial charge in [0.2, 0.25) is 0 Å². The first-order valence-corrected chi connectivity index (χ1v) is 9.12. The van der Waals surface area contributed by atoms with Gasteiger partial charge in [-0.1, -0.05) is 12.1 Å². The predicted octanol–water partition coefficient (Wildman–Crippen LogP) is 1.25. The third kappa shape index (κ3) is 3.02. The molecule has 0 bridgehead atoms. The van der Waals surface area contributed by atoms with Gasteiger partial charge in [-0.05, 0) is 44.7 Å². The molecule has 0 unspecified atom stereocenters. The van der Waals surface area contributed by atoms with Crippen molar-refractivity contribution >= 4 is 28.8 Å². The average molecular weight is 384 g/mol. The Morgan fingerprint density at radius 2 is 2.04 bits per heavy atom. The van der Waals surface area contributed by atoms with E-state index < -0.39 is 36.1 Å². The first kappa shape index (κ1) is 18.1. The summed E-state index contributed by atoms with van der Waals surface area (Å²) in [7, 11) is 0. The van der Waals surface area contributed by atoms with Gasteiger partial charge in [-0.2, -0.15) is 0 Å². The van der Waals surface area contributed by atoms with Crippen molar-refractivity contribution in [1.82, 2.24) is 20.2 Å². The summed E-state index contributed by atoms with van der Waals surface area (Å²) < 4.78 is 5.30. The molecule has 2 atom stereocenters. The molecule has 9 heteroatoms. The van der Waals surface area contributed by atoms with Gasteiger partial charge in [-0.3, -0.25) is 19.3 Å². The predicted molar refractivity (Wildman–Crippen MR) is 98.2 cm³/mol. The molecule has 1 saturated carbocycles. The minimum Gasteiger partial charge on any atom is -0.453 e. The van der Waals surface area contributed by atoms with E-state index in [1.54, 1.807) is 38.1 Å². The summed E-state index contributed by atoms with van der Waals surface area (Å²) in [5, 5.41) is 3.11. The molecule has 4 rings (SSSR count). The number of rotatable bonds is 5. The highest BCUT2D eigenvalue weighted by Gasteiger charge is 2.56. The molecule has 2 N–H and O–H groups in total. The molecule has 2 aromatic rings. The monoisotopic (exact) mass is 384 g/mol. The average Bonchev–Trinajstić information content (AvgIpc) is 3.48. The Labute approximate surface area is 160 Å². The molecule has 0 radical (unpaired) electrons. The SMILES string of the molecule is C[C@H](OC(=O)CN1C(=O)N[C@](C)(C2CC2)C1=O)c1nc2ccccc2c(=O)[nH]1. The summed E-state index contributed by atoms with van der Waals surface area (Å²) in [5.41, 5.74) is -0.801. The minimum absolute atomic E-state index is 0.107. The van der Waals surface area contributed by atoms with Crippen LogP contribution in [0, 0.1) is 5.92 Å². The largest absolute Gasteiger partial charge is 0.453 e. The molecular weight excluding hydrogens is 364 g/mol. The number of ether oxygens (including phenoxy) is 1. The van der Waals surface area contributed by atoms with Crippen molar-refractivity contribution in [3.8, 4) is 0 Å². The number of nitrogens with zero attached hydrogens (tertiary/aromatic N) is 2. The van der Waals surface area contributed by atoms with Crippen molar-refractivity contribution in [3.63, 3.8) is 0 Å². The Balaban J connectivity index is 1.46.